The molecule has 7 heteroatoms. The second kappa shape index (κ2) is 7.45. The van der Waals surface area contributed by atoms with E-state index in [-0.39, 0.29) is 30.1 Å². The molecule has 2 aromatic rings. The lowest BCUT2D eigenvalue weighted by molar-refractivity contribution is -0.0372. The van der Waals surface area contributed by atoms with E-state index in [0.717, 1.165) is 18.9 Å². The summed E-state index contributed by atoms with van der Waals surface area (Å²) in [6.07, 6.45) is 2.30. The van der Waals surface area contributed by atoms with E-state index in [1.54, 1.807) is 29.2 Å². The minimum absolute atomic E-state index is 0.0891. The van der Waals surface area contributed by atoms with E-state index in [0.29, 0.717) is 24.1 Å². The van der Waals surface area contributed by atoms with Gasteiger partial charge in [-0.15, -0.1) is 0 Å². The number of anilines is 1. The highest BCUT2D eigenvalue weighted by Gasteiger charge is 2.49. The van der Waals surface area contributed by atoms with Gasteiger partial charge in [0, 0.05) is 30.3 Å². The Kier molecular flexibility index (Phi) is 4.97. The molecule has 0 aliphatic carbocycles. The smallest absolute Gasteiger partial charge is 0.322 e. The lowest BCUT2D eigenvalue weighted by atomic mass is 9.81. The number of carbonyl (C=O) groups excluding carboxylic acids is 1. The van der Waals surface area contributed by atoms with Crippen molar-refractivity contribution in [3.8, 4) is 6.07 Å². The first-order valence-corrected chi connectivity index (χ1v) is 9.63. The molecule has 4 rings (SSSR count). The molecule has 0 saturated carbocycles. The monoisotopic (exact) mass is 397 g/mol. The summed E-state index contributed by atoms with van der Waals surface area (Å²) < 4.78 is 27.2. The number of rotatable bonds is 3. The van der Waals surface area contributed by atoms with Crippen molar-refractivity contribution in [1.82, 2.24) is 4.90 Å². The maximum absolute atomic E-state index is 14.0. The van der Waals surface area contributed by atoms with Gasteiger partial charge in [0.1, 0.15) is 11.6 Å². The molecule has 2 aliphatic rings. The number of carbonyl (C=O) groups is 1. The summed E-state index contributed by atoms with van der Waals surface area (Å²) >= 11 is 0. The van der Waals surface area contributed by atoms with Crippen molar-refractivity contribution in [1.29, 1.82) is 5.26 Å². The molecule has 2 saturated heterocycles. The van der Waals surface area contributed by atoms with E-state index in [4.69, 9.17) is 5.26 Å². The normalized spacial score (nSPS) is 25.5. The molecule has 2 aliphatic heterocycles. The largest absolute Gasteiger partial charge is 0.389 e. The Morgan fingerprint density at radius 2 is 1.93 bits per heavy atom. The summed E-state index contributed by atoms with van der Waals surface area (Å²) in [5.41, 5.74) is 0.143. The third-order valence-electron chi connectivity index (χ3n) is 5.86. The van der Waals surface area contributed by atoms with Crippen LogP contribution in [-0.4, -0.2) is 33.7 Å². The van der Waals surface area contributed by atoms with Crippen molar-refractivity contribution in [2.24, 2.45) is 0 Å². The van der Waals surface area contributed by atoms with E-state index in [1.807, 2.05) is 6.07 Å². The maximum atomic E-state index is 14.0. The first-order chi connectivity index (χ1) is 13.9. The van der Waals surface area contributed by atoms with E-state index in [1.165, 1.54) is 12.1 Å². The highest BCUT2D eigenvalue weighted by Crippen LogP contribution is 2.42. The first-order valence-electron chi connectivity index (χ1n) is 9.63. The van der Waals surface area contributed by atoms with Gasteiger partial charge in [-0.1, -0.05) is 12.1 Å². The number of hydrogen-bond donors (Lipinski definition) is 2. The zero-order valence-corrected chi connectivity index (χ0v) is 15.7. The van der Waals surface area contributed by atoms with Crippen LogP contribution in [0, 0.1) is 23.0 Å². The SMILES string of the molecule is N#Cc1cccc(NC(=O)N2[C@H]3CC[C@H]2CC(O)(Cc2ccc(F)cc2F)C3)c1. The summed E-state index contributed by atoms with van der Waals surface area (Å²) in [6, 6.07) is 11.5. The molecule has 0 aromatic heterocycles. The molecule has 2 bridgehead atoms. The summed E-state index contributed by atoms with van der Waals surface area (Å²) in [7, 11) is 0. The van der Waals surface area contributed by atoms with E-state index >= 15 is 0 Å². The van der Waals surface area contributed by atoms with E-state index < -0.39 is 17.2 Å². The molecule has 2 aromatic carbocycles. The number of amides is 2. The molecular formula is C22H21F2N3O2. The van der Waals surface area contributed by atoms with Gasteiger partial charge in [-0.3, -0.25) is 0 Å². The molecule has 0 spiro atoms. The third-order valence-corrected chi connectivity index (χ3v) is 5.86. The second-order valence-electron chi connectivity index (χ2n) is 7.96. The van der Waals surface area contributed by atoms with Crippen molar-refractivity contribution in [2.75, 3.05) is 5.32 Å². The van der Waals surface area contributed by atoms with Gasteiger partial charge in [0.15, 0.2) is 0 Å². The molecule has 2 fully saturated rings. The van der Waals surface area contributed by atoms with Gasteiger partial charge in [0.05, 0.1) is 17.2 Å². The Bertz CT molecular complexity index is 974. The number of nitrogens with zero attached hydrogens (tertiary/aromatic N) is 2. The summed E-state index contributed by atoms with van der Waals surface area (Å²) in [5.74, 6) is -1.31. The van der Waals surface area contributed by atoms with Crippen molar-refractivity contribution in [3.63, 3.8) is 0 Å². The molecule has 29 heavy (non-hydrogen) atoms. The number of nitrogens with one attached hydrogen (secondary N) is 1. The highest BCUT2D eigenvalue weighted by atomic mass is 19.1. The zero-order chi connectivity index (χ0) is 20.6. The van der Waals surface area contributed by atoms with Crippen molar-refractivity contribution < 1.29 is 18.7 Å². The van der Waals surface area contributed by atoms with Crippen LogP contribution in [0.3, 0.4) is 0 Å². The van der Waals surface area contributed by atoms with Gasteiger partial charge in [-0.2, -0.15) is 5.26 Å². The number of urea groups is 1. The molecule has 2 heterocycles. The lowest BCUT2D eigenvalue weighted by Crippen LogP contribution is -2.55. The van der Waals surface area contributed by atoms with Crippen LogP contribution in [0.5, 0.6) is 0 Å². The van der Waals surface area contributed by atoms with Crippen molar-refractivity contribution in [3.05, 3.63) is 65.2 Å². The quantitative estimate of drug-likeness (QED) is 0.823. The predicted molar refractivity (Wildman–Crippen MR) is 103 cm³/mol. The van der Waals surface area contributed by atoms with Crippen LogP contribution in [0.15, 0.2) is 42.5 Å². The minimum atomic E-state index is -1.14. The van der Waals surface area contributed by atoms with Gasteiger partial charge in [0.2, 0.25) is 0 Å². The molecular weight excluding hydrogens is 376 g/mol. The van der Waals surface area contributed by atoms with Crippen LogP contribution in [-0.2, 0) is 6.42 Å². The van der Waals surface area contributed by atoms with E-state index in [2.05, 4.69) is 5.32 Å². The average molecular weight is 397 g/mol. The van der Waals surface area contributed by atoms with Gasteiger partial charge < -0.3 is 15.3 Å². The molecule has 5 nitrogen and oxygen atoms in total. The van der Waals surface area contributed by atoms with Crippen LogP contribution >= 0.6 is 0 Å². The topological polar surface area (TPSA) is 76.4 Å². The zero-order valence-electron chi connectivity index (χ0n) is 15.7. The molecule has 2 N–H and O–H groups in total. The van der Waals surface area contributed by atoms with Crippen LogP contribution in [0.1, 0.15) is 36.8 Å². The van der Waals surface area contributed by atoms with Gasteiger partial charge in [0.25, 0.3) is 0 Å². The highest BCUT2D eigenvalue weighted by molar-refractivity contribution is 5.90. The Labute approximate surface area is 167 Å². The first kappa shape index (κ1) is 19.3. The van der Waals surface area contributed by atoms with Crippen LogP contribution in [0.4, 0.5) is 19.3 Å². The lowest BCUT2D eigenvalue weighted by Gasteiger charge is -2.43. The number of aliphatic hydroxyl groups is 1. The summed E-state index contributed by atoms with van der Waals surface area (Å²) in [4.78, 5) is 14.6. The van der Waals surface area contributed by atoms with Gasteiger partial charge in [-0.25, -0.2) is 13.6 Å². The fraction of sp³-hybridized carbons (Fsp3) is 0.364. The second-order valence-corrected chi connectivity index (χ2v) is 7.96. The number of benzene rings is 2. The van der Waals surface area contributed by atoms with Crippen LogP contribution in [0.25, 0.3) is 0 Å². The standard InChI is InChI=1S/C22H21F2N3O2/c23-16-5-4-15(20(24)9-16)10-22(29)11-18-6-7-19(12-22)27(18)21(28)26-17-3-1-2-14(8-17)13-25/h1-5,8-9,18-19,29H,6-7,10-12H2,(H,26,28)/t18-,19-/m0/s1. The average Bonchev–Trinajstić information content (AvgIpc) is 2.97. The number of piperidine rings is 1. The van der Waals surface area contributed by atoms with Crippen molar-refractivity contribution in [2.45, 2.75) is 49.8 Å². The Hall–Kier alpha value is -2.98. The fourth-order valence-electron chi connectivity index (χ4n) is 4.67. The minimum Gasteiger partial charge on any atom is -0.389 e. The molecule has 2 amide bonds. The van der Waals surface area contributed by atoms with Crippen LogP contribution in [0.2, 0.25) is 0 Å². The molecule has 0 radical (unpaired) electrons. The Balaban J connectivity index is 1.47. The fourth-order valence-corrected chi connectivity index (χ4v) is 4.67. The number of fused-ring (bicyclic) bond motifs is 2. The number of nitriles is 1. The Morgan fingerprint density at radius 3 is 2.59 bits per heavy atom. The summed E-state index contributed by atoms with van der Waals surface area (Å²) in [5, 5.41) is 22.9. The van der Waals surface area contributed by atoms with Crippen molar-refractivity contribution >= 4 is 11.7 Å². The van der Waals surface area contributed by atoms with Gasteiger partial charge in [-0.05, 0) is 55.5 Å². The van der Waals surface area contributed by atoms with Gasteiger partial charge >= 0.3 is 6.03 Å². The molecule has 2 atom stereocenters. The number of hydrogen-bond acceptors (Lipinski definition) is 3. The Morgan fingerprint density at radius 1 is 1.21 bits per heavy atom. The number of halogens is 2. The van der Waals surface area contributed by atoms with Crippen LogP contribution < -0.4 is 5.32 Å². The molecule has 150 valence electrons. The third kappa shape index (κ3) is 3.94. The van der Waals surface area contributed by atoms with E-state index in [9.17, 15) is 18.7 Å². The molecule has 0 unspecified atom stereocenters. The summed E-state index contributed by atoms with van der Waals surface area (Å²) in [6.45, 7) is 0. The predicted octanol–water partition coefficient (Wildman–Crippen LogP) is 3.97. The maximum Gasteiger partial charge on any atom is 0.322 e.